The summed E-state index contributed by atoms with van der Waals surface area (Å²) in [5.41, 5.74) is 9.87. The van der Waals surface area contributed by atoms with Crippen molar-refractivity contribution in [2.45, 2.75) is 26.3 Å². The maximum atomic E-state index is 13.0. The fourth-order valence-corrected chi connectivity index (χ4v) is 3.70. The lowest BCUT2D eigenvalue weighted by Crippen LogP contribution is -2.33. The van der Waals surface area contributed by atoms with Gasteiger partial charge in [0.05, 0.1) is 6.04 Å². The van der Waals surface area contributed by atoms with Gasteiger partial charge < -0.3 is 15.5 Å². The topological polar surface area (TPSA) is 49.6 Å². The monoisotopic (exact) mass is 337 g/mol. The van der Waals surface area contributed by atoms with Gasteiger partial charge in [-0.15, -0.1) is 0 Å². The lowest BCUT2D eigenvalue weighted by atomic mass is 9.96. The molecule has 132 valence electrons. The molecule has 0 spiro atoms. The number of carbonyl (C=O) groups is 1. The van der Waals surface area contributed by atoms with Gasteiger partial charge in [0.25, 0.3) is 5.91 Å². The van der Waals surface area contributed by atoms with E-state index in [9.17, 15) is 4.79 Å². The lowest BCUT2D eigenvalue weighted by molar-refractivity contribution is 0.0742. The standard InChI is InChI=1S/C21H27N3O/c1-3-23(4-2)14-9-15-24-20(18-12-7-8-13-19(18)22)16-10-5-6-11-17(16)21(24)25/h5-8,10-13,20H,3-4,9,14-15,22H2,1-2H3. The van der Waals surface area contributed by atoms with Gasteiger partial charge in [0, 0.05) is 23.4 Å². The molecule has 2 N–H and O–H groups in total. The Morgan fingerprint density at radius 1 is 1.00 bits per heavy atom. The minimum absolute atomic E-state index is 0.0818. The summed E-state index contributed by atoms with van der Waals surface area (Å²) in [6.07, 6.45) is 0.963. The Hall–Kier alpha value is -2.33. The van der Waals surface area contributed by atoms with Gasteiger partial charge in [0.2, 0.25) is 0 Å². The fraction of sp³-hybridized carbons (Fsp3) is 0.381. The Kier molecular flexibility index (Phi) is 5.39. The van der Waals surface area contributed by atoms with Crippen molar-refractivity contribution < 1.29 is 4.79 Å². The molecule has 4 heteroatoms. The zero-order valence-electron chi connectivity index (χ0n) is 15.1. The van der Waals surface area contributed by atoms with Crippen LogP contribution >= 0.6 is 0 Å². The maximum absolute atomic E-state index is 13.0. The molecule has 0 saturated carbocycles. The Morgan fingerprint density at radius 3 is 2.32 bits per heavy atom. The SMILES string of the molecule is CCN(CC)CCCN1C(=O)c2ccccc2C1c1ccccc1N. The zero-order chi connectivity index (χ0) is 17.8. The number of hydrogen-bond donors (Lipinski definition) is 1. The Labute approximate surface area is 150 Å². The van der Waals surface area contributed by atoms with E-state index in [0.717, 1.165) is 55.0 Å². The number of nitrogen functional groups attached to an aromatic ring is 1. The first kappa shape index (κ1) is 17.5. The summed E-state index contributed by atoms with van der Waals surface area (Å²) in [5.74, 6) is 0.114. The molecule has 0 aliphatic carbocycles. The molecular formula is C21H27N3O. The molecule has 0 radical (unpaired) electrons. The summed E-state index contributed by atoms with van der Waals surface area (Å²) in [4.78, 5) is 17.4. The van der Waals surface area contributed by atoms with Gasteiger partial charge in [0.1, 0.15) is 0 Å². The molecule has 1 aliphatic rings. The highest BCUT2D eigenvalue weighted by Gasteiger charge is 2.37. The van der Waals surface area contributed by atoms with E-state index in [0.29, 0.717) is 0 Å². The minimum Gasteiger partial charge on any atom is -0.398 e. The summed E-state index contributed by atoms with van der Waals surface area (Å²) in [6, 6.07) is 15.7. The van der Waals surface area contributed by atoms with Crippen LogP contribution < -0.4 is 5.73 Å². The van der Waals surface area contributed by atoms with Crippen molar-refractivity contribution in [1.29, 1.82) is 0 Å². The summed E-state index contributed by atoms with van der Waals surface area (Å²) >= 11 is 0. The number of anilines is 1. The Bertz CT molecular complexity index is 739. The minimum atomic E-state index is -0.0818. The smallest absolute Gasteiger partial charge is 0.255 e. The summed E-state index contributed by atoms with van der Waals surface area (Å²) in [6.45, 7) is 8.17. The van der Waals surface area contributed by atoms with Crippen LogP contribution in [0, 0.1) is 0 Å². The van der Waals surface area contributed by atoms with Gasteiger partial charge in [-0.3, -0.25) is 4.79 Å². The van der Waals surface area contributed by atoms with Crippen LogP contribution in [-0.2, 0) is 0 Å². The van der Waals surface area contributed by atoms with Gasteiger partial charge in [-0.05, 0) is 43.8 Å². The second-order valence-electron chi connectivity index (χ2n) is 6.50. The third kappa shape index (κ3) is 3.40. The van der Waals surface area contributed by atoms with Crippen LogP contribution in [-0.4, -0.2) is 41.9 Å². The van der Waals surface area contributed by atoms with Crippen LogP contribution in [0.5, 0.6) is 0 Å². The van der Waals surface area contributed by atoms with Crippen molar-refractivity contribution >= 4 is 11.6 Å². The van der Waals surface area contributed by atoms with Gasteiger partial charge in [-0.1, -0.05) is 50.2 Å². The average Bonchev–Trinajstić information content (AvgIpc) is 2.92. The van der Waals surface area contributed by atoms with Crippen LogP contribution in [0.1, 0.15) is 47.8 Å². The first-order valence-electron chi connectivity index (χ1n) is 9.14. The van der Waals surface area contributed by atoms with Crippen LogP contribution in [0.4, 0.5) is 5.69 Å². The van der Waals surface area contributed by atoms with E-state index < -0.39 is 0 Å². The van der Waals surface area contributed by atoms with Gasteiger partial charge in [-0.25, -0.2) is 0 Å². The maximum Gasteiger partial charge on any atom is 0.255 e. The molecule has 25 heavy (non-hydrogen) atoms. The molecule has 0 bridgehead atoms. The molecule has 3 rings (SSSR count). The van der Waals surface area contributed by atoms with Crippen molar-refractivity contribution in [2.24, 2.45) is 0 Å². The largest absolute Gasteiger partial charge is 0.398 e. The normalized spacial score (nSPS) is 16.5. The highest BCUT2D eigenvalue weighted by molar-refractivity contribution is 6.00. The van der Waals surface area contributed by atoms with E-state index in [1.54, 1.807) is 0 Å². The first-order chi connectivity index (χ1) is 12.2. The Morgan fingerprint density at radius 2 is 1.64 bits per heavy atom. The number of amides is 1. The van der Waals surface area contributed by atoms with Crippen molar-refractivity contribution in [1.82, 2.24) is 9.80 Å². The number of rotatable bonds is 7. The number of hydrogen-bond acceptors (Lipinski definition) is 3. The van der Waals surface area contributed by atoms with Crippen LogP contribution in [0.25, 0.3) is 0 Å². The molecule has 2 aromatic rings. The average molecular weight is 337 g/mol. The molecule has 1 unspecified atom stereocenters. The lowest BCUT2D eigenvalue weighted by Gasteiger charge is -2.28. The van der Waals surface area contributed by atoms with E-state index in [2.05, 4.69) is 24.8 Å². The number of fused-ring (bicyclic) bond motifs is 1. The summed E-state index contributed by atoms with van der Waals surface area (Å²) in [7, 11) is 0. The van der Waals surface area contributed by atoms with Crippen molar-refractivity contribution in [2.75, 3.05) is 31.9 Å². The summed E-state index contributed by atoms with van der Waals surface area (Å²) in [5, 5.41) is 0. The number of para-hydroxylation sites is 1. The molecule has 2 aromatic carbocycles. The molecule has 1 heterocycles. The Balaban J connectivity index is 1.88. The second kappa shape index (κ2) is 7.70. The highest BCUT2D eigenvalue weighted by Crippen LogP contribution is 2.40. The van der Waals surface area contributed by atoms with Crippen LogP contribution in [0.3, 0.4) is 0 Å². The molecular weight excluding hydrogens is 310 g/mol. The van der Waals surface area contributed by atoms with Crippen molar-refractivity contribution in [3.05, 3.63) is 65.2 Å². The first-order valence-corrected chi connectivity index (χ1v) is 9.14. The van der Waals surface area contributed by atoms with E-state index >= 15 is 0 Å². The molecule has 0 saturated heterocycles. The van der Waals surface area contributed by atoms with Gasteiger partial charge >= 0.3 is 0 Å². The number of carbonyl (C=O) groups excluding carboxylic acids is 1. The molecule has 0 fully saturated rings. The third-order valence-electron chi connectivity index (χ3n) is 5.12. The van der Waals surface area contributed by atoms with Gasteiger partial charge in [0.15, 0.2) is 0 Å². The van der Waals surface area contributed by atoms with Crippen molar-refractivity contribution in [3.8, 4) is 0 Å². The molecule has 0 aromatic heterocycles. The van der Waals surface area contributed by atoms with E-state index in [1.807, 2.05) is 47.4 Å². The molecule has 1 amide bonds. The molecule has 1 aliphatic heterocycles. The number of benzene rings is 2. The van der Waals surface area contributed by atoms with E-state index in [1.165, 1.54) is 0 Å². The number of nitrogens with zero attached hydrogens (tertiary/aromatic N) is 2. The van der Waals surface area contributed by atoms with Crippen LogP contribution in [0.2, 0.25) is 0 Å². The van der Waals surface area contributed by atoms with Crippen molar-refractivity contribution in [3.63, 3.8) is 0 Å². The quantitative estimate of drug-likeness (QED) is 0.786. The number of nitrogens with two attached hydrogens (primary N) is 1. The molecule has 4 nitrogen and oxygen atoms in total. The third-order valence-corrected chi connectivity index (χ3v) is 5.12. The predicted molar refractivity (Wildman–Crippen MR) is 103 cm³/mol. The fourth-order valence-electron chi connectivity index (χ4n) is 3.70. The van der Waals surface area contributed by atoms with Gasteiger partial charge in [-0.2, -0.15) is 0 Å². The van der Waals surface area contributed by atoms with E-state index in [4.69, 9.17) is 5.73 Å². The second-order valence-corrected chi connectivity index (χ2v) is 6.50. The highest BCUT2D eigenvalue weighted by atomic mass is 16.2. The van der Waals surface area contributed by atoms with Crippen LogP contribution in [0.15, 0.2) is 48.5 Å². The zero-order valence-corrected chi connectivity index (χ0v) is 15.1. The van der Waals surface area contributed by atoms with E-state index in [-0.39, 0.29) is 11.9 Å². The molecule has 1 atom stereocenters. The summed E-state index contributed by atoms with van der Waals surface area (Å²) < 4.78 is 0. The predicted octanol–water partition coefficient (Wildman–Crippen LogP) is 3.55.